The second kappa shape index (κ2) is 5.82. The monoisotopic (exact) mass is 273 g/mol. The van der Waals surface area contributed by atoms with E-state index in [0.29, 0.717) is 25.3 Å². The number of hydrogen-bond acceptors (Lipinski definition) is 2. The molecule has 19 heavy (non-hydrogen) atoms. The second-order valence-corrected chi connectivity index (χ2v) is 4.75. The lowest BCUT2D eigenvalue weighted by Gasteiger charge is -2.24. The van der Waals surface area contributed by atoms with Gasteiger partial charge in [-0.2, -0.15) is 13.2 Å². The molecule has 0 bridgehead atoms. The van der Waals surface area contributed by atoms with Crippen molar-refractivity contribution in [2.75, 3.05) is 13.2 Å². The van der Waals surface area contributed by atoms with E-state index in [-0.39, 0.29) is 5.56 Å². The van der Waals surface area contributed by atoms with E-state index >= 15 is 0 Å². The molecule has 0 aromatic heterocycles. The summed E-state index contributed by atoms with van der Waals surface area (Å²) < 4.78 is 44.6. The number of hydrogen-bond donors (Lipinski definition) is 1. The van der Waals surface area contributed by atoms with Gasteiger partial charge in [0.15, 0.2) is 0 Å². The second-order valence-electron chi connectivity index (χ2n) is 4.75. The SMILES string of the molecule is CCCNC(c1ccc2c(c1)CCCO2)C(F)(F)F. The van der Waals surface area contributed by atoms with Crippen LogP contribution in [0, 0.1) is 0 Å². The molecule has 0 radical (unpaired) electrons. The average Bonchev–Trinajstić information content (AvgIpc) is 2.37. The van der Waals surface area contributed by atoms with Crippen LogP contribution in [0.25, 0.3) is 0 Å². The van der Waals surface area contributed by atoms with Gasteiger partial charge in [-0.05, 0) is 43.0 Å². The molecule has 0 spiro atoms. The smallest absolute Gasteiger partial charge is 0.407 e. The molecular weight excluding hydrogens is 255 g/mol. The molecule has 0 fully saturated rings. The summed E-state index contributed by atoms with van der Waals surface area (Å²) >= 11 is 0. The van der Waals surface area contributed by atoms with Crippen molar-refractivity contribution >= 4 is 0 Å². The normalized spacial score (nSPS) is 16.6. The van der Waals surface area contributed by atoms with Crippen molar-refractivity contribution in [2.45, 2.75) is 38.4 Å². The van der Waals surface area contributed by atoms with Crippen molar-refractivity contribution in [1.82, 2.24) is 5.32 Å². The first-order valence-electron chi connectivity index (χ1n) is 6.58. The minimum atomic E-state index is -4.28. The molecular formula is C14H18F3NO. The van der Waals surface area contributed by atoms with E-state index in [9.17, 15) is 13.2 Å². The molecule has 1 atom stereocenters. The summed E-state index contributed by atoms with van der Waals surface area (Å²) in [6.45, 7) is 2.84. The minimum Gasteiger partial charge on any atom is -0.493 e. The molecule has 2 rings (SSSR count). The Balaban J connectivity index is 2.26. The zero-order chi connectivity index (χ0) is 13.9. The standard InChI is InChI=1S/C14H18F3NO/c1-2-7-18-13(14(15,16)17)11-5-6-12-10(9-11)4-3-8-19-12/h5-6,9,13,18H,2-4,7-8H2,1H3. The van der Waals surface area contributed by atoms with Gasteiger partial charge in [0.25, 0.3) is 0 Å². The van der Waals surface area contributed by atoms with E-state index in [1.165, 1.54) is 6.07 Å². The number of benzene rings is 1. The maximum atomic E-state index is 13.1. The van der Waals surface area contributed by atoms with Crippen LogP contribution >= 0.6 is 0 Å². The van der Waals surface area contributed by atoms with Crippen LogP contribution in [0.3, 0.4) is 0 Å². The summed E-state index contributed by atoms with van der Waals surface area (Å²) in [6, 6.07) is 3.18. The van der Waals surface area contributed by atoms with E-state index in [4.69, 9.17) is 4.74 Å². The molecule has 0 saturated carbocycles. The van der Waals surface area contributed by atoms with Crippen LogP contribution in [-0.2, 0) is 6.42 Å². The van der Waals surface area contributed by atoms with E-state index in [0.717, 1.165) is 18.4 Å². The van der Waals surface area contributed by atoms with Gasteiger partial charge in [-0.25, -0.2) is 0 Å². The largest absolute Gasteiger partial charge is 0.493 e. The summed E-state index contributed by atoms with van der Waals surface area (Å²) in [7, 11) is 0. The Bertz CT molecular complexity index is 431. The van der Waals surface area contributed by atoms with Crippen LogP contribution in [0.15, 0.2) is 18.2 Å². The molecule has 0 aliphatic carbocycles. The zero-order valence-electron chi connectivity index (χ0n) is 10.9. The summed E-state index contributed by atoms with van der Waals surface area (Å²) in [6.07, 6.45) is -1.98. The van der Waals surface area contributed by atoms with Gasteiger partial charge in [0.1, 0.15) is 11.8 Å². The number of ether oxygens (including phenoxy) is 1. The first kappa shape index (κ1) is 14.2. The van der Waals surface area contributed by atoms with Gasteiger partial charge in [-0.1, -0.05) is 19.1 Å². The van der Waals surface area contributed by atoms with Crippen LogP contribution in [0.5, 0.6) is 5.75 Å². The van der Waals surface area contributed by atoms with Gasteiger partial charge in [-0.15, -0.1) is 0 Å². The number of aryl methyl sites for hydroxylation is 1. The summed E-state index contributed by atoms with van der Waals surface area (Å²) in [4.78, 5) is 0. The van der Waals surface area contributed by atoms with Gasteiger partial charge >= 0.3 is 6.18 Å². The maximum absolute atomic E-state index is 13.1. The third-order valence-corrected chi connectivity index (χ3v) is 3.19. The van der Waals surface area contributed by atoms with Gasteiger partial charge in [0, 0.05) is 0 Å². The fourth-order valence-corrected chi connectivity index (χ4v) is 2.27. The Morgan fingerprint density at radius 1 is 1.37 bits per heavy atom. The van der Waals surface area contributed by atoms with Gasteiger partial charge in [-0.3, -0.25) is 0 Å². The van der Waals surface area contributed by atoms with Crippen LogP contribution in [0.2, 0.25) is 0 Å². The van der Waals surface area contributed by atoms with Crippen molar-refractivity contribution in [3.63, 3.8) is 0 Å². The first-order valence-corrected chi connectivity index (χ1v) is 6.58. The summed E-state index contributed by atoms with van der Waals surface area (Å²) in [5.41, 5.74) is 1.14. The molecule has 1 aromatic carbocycles. The highest BCUT2D eigenvalue weighted by Crippen LogP contribution is 2.35. The molecule has 0 saturated heterocycles. The highest BCUT2D eigenvalue weighted by molar-refractivity contribution is 5.40. The molecule has 1 aromatic rings. The number of nitrogens with one attached hydrogen (secondary N) is 1. The van der Waals surface area contributed by atoms with E-state index in [1.54, 1.807) is 12.1 Å². The average molecular weight is 273 g/mol. The van der Waals surface area contributed by atoms with E-state index in [1.807, 2.05) is 6.92 Å². The van der Waals surface area contributed by atoms with Crippen molar-refractivity contribution in [1.29, 1.82) is 0 Å². The van der Waals surface area contributed by atoms with Gasteiger partial charge in [0.2, 0.25) is 0 Å². The fraction of sp³-hybridized carbons (Fsp3) is 0.571. The van der Waals surface area contributed by atoms with Crippen LogP contribution in [-0.4, -0.2) is 19.3 Å². The van der Waals surface area contributed by atoms with Gasteiger partial charge in [0.05, 0.1) is 6.61 Å². The third-order valence-electron chi connectivity index (χ3n) is 3.19. The van der Waals surface area contributed by atoms with Crippen molar-refractivity contribution in [3.8, 4) is 5.75 Å². The van der Waals surface area contributed by atoms with Crippen molar-refractivity contribution in [3.05, 3.63) is 29.3 Å². The topological polar surface area (TPSA) is 21.3 Å². The molecule has 1 aliphatic rings. The summed E-state index contributed by atoms with van der Waals surface area (Å²) in [5.74, 6) is 0.714. The molecule has 1 unspecified atom stereocenters. The molecule has 2 nitrogen and oxygen atoms in total. The third kappa shape index (κ3) is 3.41. The molecule has 1 aliphatic heterocycles. The Morgan fingerprint density at radius 2 is 2.16 bits per heavy atom. The molecule has 1 N–H and O–H groups in total. The Kier molecular flexibility index (Phi) is 4.34. The van der Waals surface area contributed by atoms with E-state index < -0.39 is 12.2 Å². The summed E-state index contributed by atoms with van der Waals surface area (Å²) in [5, 5.41) is 2.57. The molecule has 0 amide bonds. The fourth-order valence-electron chi connectivity index (χ4n) is 2.27. The van der Waals surface area contributed by atoms with Crippen molar-refractivity contribution in [2.24, 2.45) is 0 Å². The first-order chi connectivity index (χ1) is 9.02. The lowest BCUT2D eigenvalue weighted by Crippen LogP contribution is -2.34. The molecule has 1 heterocycles. The Labute approximate surface area is 111 Å². The van der Waals surface area contributed by atoms with Gasteiger partial charge < -0.3 is 10.1 Å². The Hall–Kier alpha value is -1.23. The quantitative estimate of drug-likeness (QED) is 0.904. The van der Waals surface area contributed by atoms with Crippen LogP contribution < -0.4 is 10.1 Å². The predicted molar refractivity (Wildman–Crippen MR) is 67.3 cm³/mol. The minimum absolute atomic E-state index is 0.269. The highest BCUT2D eigenvalue weighted by atomic mass is 19.4. The highest BCUT2D eigenvalue weighted by Gasteiger charge is 2.40. The lowest BCUT2D eigenvalue weighted by atomic mass is 9.99. The molecule has 106 valence electrons. The number of alkyl halides is 3. The van der Waals surface area contributed by atoms with E-state index in [2.05, 4.69) is 5.32 Å². The maximum Gasteiger partial charge on any atom is 0.407 e. The molecule has 5 heteroatoms. The Morgan fingerprint density at radius 3 is 2.84 bits per heavy atom. The lowest BCUT2D eigenvalue weighted by molar-refractivity contribution is -0.157. The zero-order valence-corrected chi connectivity index (χ0v) is 10.9. The van der Waals surface area contributed by atoms with Crippen molar-refractivity contribution < 1.29 is 17.9 Å². The van der Waals surface area contributed by atoms with Crippen LogP contribution in [0.1, 0.15) is 36.9 Å². The predicted octanol–water partition coefficient (Wildman–Crippen LogP) is 3.61. The number of rotatable bonds is 4. The number of fused-ring (bicyclic) bond motifs is 1. The number of halogens is 3. The van der Waals surface area contributed by atoms with Crippen LogP contribution in [0.4, 0.5) is 13.2 Å².